The molecule has 2 heterocycles. The van der Waals surface area contributed by atoms with E-state index in [0.717, 1.165) is 38.3 Å². The van der Waals surface area contributed by atoms with Crippen LogP contribution in [0.3, 0.4) is 0 Å². The van der Waals surface area contributed by atoms with Gasteiger partial charge in [-0.15, -0.1) is 11.3 Å². The van der Waals surface area contributed by atoms with Crippen LogP contribution >= 0.6 is 11.3 Å². The highest BCUT2D eigenvalue weighted by Gasteiger charge is 2.23. The van der Waals surface area contributed by atoms with Crippen molar-refractivity contribution < 1.29 is 9.53 Å². The van der Waals surface area contributed by atoms with Crippen molar-refractivity contribution in [1.82, 2.24) is 4.90 Å². The van der Waals surface area contributed by atoms with E-state index in [0.29, 0.717) is 6.61 Å². The highest BCUT2D eigenvalue weighted by molar-refractivity contribution is 7.09. The summed E-state index contributed by atoms with van der Waals surface area (Å²) >= 11 is 1.83. The molecule has 0 bridgehead atoms. The third kappa shape index (κ3) is 3.46. The van der Waals surface area contributed by atoms with E-state index in [4.69, 9.17) is 4.74 Å². The highest BCUT2D eigenvalue weighted by atomic mass is 32.1. The maximum Gasteiger partial charge on any atom is 0.409 e. The number of likely N-dealkylation sites (tertiary alicyclic amines) is 1. The molecule has 0 spiro atoms. The van der Waals surface area contributed by atoms with Gasteiger partial charge in [0.25, 0.3) is 0 Å². The highest BCUT2D eigenvalue weighted by Crippen LogP contribution is 2.24. The quantitative estimate of drug-likeness (QED) is 0.828. The minimum Gasteiger partial charge on any atom is -0.450 e. The molecule has 0 saturated carbocycles. The van der Waals surface area contributed by atoms with E-state index in [9.17, 15) is 4.79 Å². The van der Waals surface area contributed by atoms with Crippen molar-refractivity contribution in [3.8, 4) is 0 Å². The molecule has 1 saturated heterocycles. The van der Waals surface area contributed by atoms with Crippen LogP contribution in [0.25, 0.3) is 0 Å². The van der Waals surface area contributed by atoms with Crippen LogP contribution in [0.5, 0.6) is 0 Å². The van der Waals surface area contributed by atoms with E-state index in [-0.39, 0.29) is 6.09 Å². The van der Waals surface area contributed by atoms with E-state index in [1.54, 1.807) is 0 Å². The zero-order chi connectivity index (χ0) is 12.1. The number of hydrogen-bond donors (Lipinski definition) is 0. The minimum atomic E-state index is -0.151. The Morgan fingerprint density at radius 3 is 2.88 bits per heavy atom. The van der Waals surface area contributed by atoms with Crippen LogP contribution in [0.4, 0.5) is 4.79 Å². The number of carbonyl (C=O) groups excluding carboxylic acids is 1. The van der Waals surface area contributed by atoms with E-state index < -0.39 is 0 Å². The first kappa shape index (κ1) is 12.4. The summed E-state index contributed by atoms with van der Waals surface area (Å²) in [5, 5.41) is 2.13. The third-order valence-electron chi connectivity index (χ3n) is 3.21. The van der Waals surface area contributed by atoms with Gasteiger partial charge in [0.2, 0.25) is 0 Å². The van der Waals surface area contributed by atoms with E-state index in [1.807, 2.05) is 23.2 Å². The Hall–Kier alpha value is -1.03. The number of hydrogen-bond acceptors (Lipinski definition) is 3. The van der Waals surface area contributed by atoms with E-state index in [2.05, 4.69) is 17.5 Å². The lowest BCUT2D eigenvalue weighted by Crippen LogP contribution is -2.39. The lowest BCUT2D eigenvalue weighted by atomic mass is 9.93. The van der Waals surface area contributed by atoms with Gasteiger partial charge in [0.15, 0.2) is 0 Å². The molecule has 1 aromatic heterocycles. The molecule has 0 radical (unpaired) electrons. The van der Waals surface area contributed by atoms with Crippen molar-refractivity contribution >= 4 is 17.4 Å². The summed E-state index contributed by atoms with van der Waals surface area (Å²) in [5.41, 5.74) is 0. The first-order valence-electron chi connectivity index (χ1n) is 6.23. The SMILES string of the molecule is CCOC(=O)N1CCC(Cc2cccs2)CC1. The number of nitrogens with zero attached hydrogens (tertiary/aromatic N) is 1. The van der Waals surface area contributed by atoms with Gasteiger partial charge >= 0.3 is 6.09 Å². The van der Waals surface area contributed by atoms with Gasteiger partial charge in [-0.25, -0.2) is 4.79 Å². The Bertz CT molecular complexity index is 342. The summed E-state index contributed by atoms with van der Waals surface area (Å²) in [6, 6.07) is 4.30. The van der Waals surface area contributed by atoms with Crippen LogP contribution in [-0.2, 0) is 11.2 Å². The van der Waals surface area contributed by atoms with Crippen LogP contribution in [0, 0.1) is 5.92 Å². The van der Waals surface area contributed by atoms with Gasteiger partial charge in [-0.3, -0.25) is 0 Å². The molecule has 3 nitrogen and oxygen atoms in total. The second-order valence-corrected chi connectivity index (χ2v) is 5.45. The zero-order valence-electron chi connectivity index (χ0n) is 10.2. The summed E-state index contributed by atoms with van der Waals surface area (Å²) < 4.78 is 5.01. The van der Waals surface area contributed by atoms with Crippen LogP contribution in [0.1, 0.15) is 24.6 Å². The summed E-state index contributed by atoms with van der Waals surface area (Å²) in [5.74, 6) is 0.722. The number of carbonyl (C=O) groups is 1. The Morgan fingerprint density at radius 1 is 1.53 bits per heavy atom. The Kier molecular flexibility index (Phi) is 4.42. The molecule has 2 rings (SSSR count). The molecule has 0 aliphatic carbocycles. The number of amides is 1. The predicted molar refractivity (Wildman–Crippen MR) is 69.3 cm³/mol. The number of thiophene rings is 1. The maximum absolute atomic E-state index is 11.5. The zero-order valence-corrected chi connectivity index (χ0v) is 11.0. The number of ether oxygens (including phenoxy) is 1. The molecule has 1 aliphatic rings. The lowest BCUT2D eigenvalue weighted by Gasteiger charge is -2.31. The van der Waals surface area contributed by atoms with Crippen molar-refractivity contribution in [3.63, 3.8) is 0 Å². The molecule has 94 valence electrons. The number of rotatable bonds is 3. The van der Waals surface area contributed by atoms with Crippen molar-refractivity contribution in [3.05, 3.63) is 22.4 Å². The Balaban J connectivity index is 1.76. The van der Waals surface area contributed by atoms with Gasteiger partial charge in [0.05, 0.1) is 6.61 Å². The topological polar surface area (TPSA) is 29.5 Å². The second-order valence-electron chi connectivity index (χ2n) is 4.41. The third-order valence-corrected chi connectivity index (χ3v) is 4.11. The Labute approximate surface area is 106 Å². The van der Waals surface area contributed by atoms with E-state index in [1.165, 1.54) is 4.88 Å². The second kappa shape index (κ2) is 6.05. The van der Waals surface area contributed by atoms with Gasteiger partial charge < -0.3 is 9.64 Å². The molecule has 1 aromatic rings. The maximum atomic E-state index is 11.5. The first-order chi connectivity index (χ1) is 8.29. The van der Waals surface area contributed by atoms with Gasteiger partial charge in [-0.1, -0.05) is 6.07 Å². The van der Waals surface area contributed by atoms with Crippen molar-refractivity contribution in [1.29, 1.82) is 0 Å². The largest absolute Gasteiger partial charge is 0.450 e. The molecule has 1 amide bonds. The minimum absolute atomic E-state index is 0.151. The van der Waals surface area contributed by atoms with E-state index >= 15 is 0 Å². The molecule has 4 heteroatoms. The number of piperidine rings is 1. The molecule has 17 heavy (non-hydrogen) atoms. The van der Waals surface area contributed by atoms with Gasteiger partial charge in [0.1, 0.15) is 0 Å². The molecule has 0 unspecified atom stereocenters. The van der Waals surface area contributed by atoms with Gasteiger partial charge in [-0.05, 0) is 43.6 Å². The summed E-state index contributed by atoms with van der Waals surface area (Å²) in [6.45, 7) is 4.00. The van der Waals surface area contributed by atoms with Gasteiger partial charge in [0, 0.05) is 18.0 Å². The van der Waals surface area contributed by atoms with Crippen LogP contribution in [0.2, 0.25) is 0 Å². The molecule has 1 aliphatic heterocycles. The molecule has 0 aromatic carbocycles. The molecular formula is C13H19NO2S. The fourth-order valence-corrected chi connectivity index (χ4v) is 3.07. The fraction of sp³-hybridized carbons (Fsp3) is 0.615. The normalized spacial score (nSPS) is 17.1. The van der Waals surface area contributed by atoms with Crippen LogP contribution < -0.4 is 0 Å². The van der Waals surface area contributed by atoms with Crippen molar-refractivity contribution in [2.45, 2.75) is 26.2 Å². The molecule has 0 N–H and O–H groups in total. The average Bonchev–Trinajstić information content (AvgIpc) is 2.83. The lowest BCUT2D eigenvalue weighted by molar-refractivity contribution is 0.0919. The van der Waals surface area contributed by atoms with Crippen LogP contribution in [-0.4, -0.2) is 30.7 Å². The van der Waals surface area contributed by atoms with Crippen LogP contribution in [0.15, 0.2) is 17.5 Å². The predicted octanol–water partition coefficient (Wildman–Crippen LogP) is 3.16. The Morgan fingerprint density at radius 2 is 2.29 bits per heavy atom. The smallest absolute Gasteiger partial charge is 0.409 e. The summed E-state index contributed by atoms with van der Waals surface area (Å²) in [6.07, 6.45) is 3.20. The summed E-state index contributed by atoms with van der Waals surface area (Å²) in [7, 11) is 0. The molecular weight excluding hydrogens is 234 g/mol. The monoisotopic (exact) mass is 253 g/mol. The van der Waals surface area contributed by atoms with Crippen molar-refractivity contribution in [2.75, 3.05) is 19.7 Å². The molecule has 1 fully saturated rings. The first-order valence-corrected chi connectivity index (χ1v) is 7.11. The molecule has 0 atom stereocenters. The standard InChI is InChI=1S/C13H19NO2S/c1-2-16-13(15)14-7-5-11(6-8-14)10-12-4-3-9-17-12/h3-4,9,11H,2,5-8,10H2,1H3. The van der Waals surface area contributed by atoms with Crippen molar-refractivity contribution in [2.24, 2.45) is 5.92 Å². The summed E-state index contributed by atoms with van der Waals surface area (Å²) in [4.78, 5) is 14.8. The van der Waals surface area contributed by atoms with Gasteiger partial charge in [-0.2, -0.15) is 0 Å². The fourth-order valence-electron chi connectivity index (χ4n) is 2.25. The average molecular weight is 253 g/mol.